The van der Waals surface area contributed by atoms with Crippen LogP contribution in [0.4, 0.5) is 0 Å². The maximum atomic E-state index is 10.9. The van der Waals surface area contributed by atoms with Gasteiger partial charge in [-0.2, -0.15) is 0 Å². The Morgan fingerprint density at radius 2 is 0.886 bits per heavy atom. The van der Waals surface area contributed by atoms with Gasteiger partial charge in [0, 0.05) is 12.0 Å². The van der Waals surface area contributed by atoms with E-state index in [1.165, 1.54) is 70.6 Å². The van der Waals surface area contributed by atoms with E-state index in [1.54, 1.807) is 13.8 Å². The monoisotopic (exact) mass is 639 g/mol. The van der Waals surface area contributed by atoms with E-state index in [0.717, 1.165) is 25.9 Å². The molecule has 44 heavy (non-hydrogen) atoms. The van der Waals surface area contributed by atoms with Crippen molar-refractivity contribution in [3.63, 3.8) is 0 Å². The topological polar surface area (TPSA) is 87.1 Å². The number of ether oxygens (including phenoxy) is 1. The van der Waals surface area contributed by atoms with E-state index in [4.69, 9.17) is 14.9 Å². The summed E-state index contributed by atoms with van der Waals surface area (Å²) in [5.74, 6) is -0.375. The number of Topliss-reactive ketones (excluding diaryl/α,β-unsaturated/α-hetero) is 1. The zero-order valence-electron chi connectivity index (χ0n) is 30.4. The van der Waals surface area contributed by atoms with E-state index >= 15 is 0 Å². The first-order valence-electron chi connectivity index (χ1n) is 17.4. The molecule has 0 spiro atoms. The second-order valence-corrected chi connectivity index (χ2v) is 11.2. The molecule has 2 N–H and O–H groups in total. The van der Waals surface area contributed by atoms with Crippen molar-refractivity contribution < 1.29 is 24.5 Å². The van der Waals surface area contributed by atoms with Crippen molar-refractivity contribution in [3.05, 3.63) is 0 Å². The molecule has 5 heteroatoms. The molecule has 0 aromatic rings. The van der Waals surface area contributed by atoms with Gasteiger partial charge in [0.25, 0.3) is 0 Å². The van der Waals surface area contributed by atoms with Crippen LogP contribution < -0.4 is 0 Å². The minimum absolute atomic E-state index is 0. The Balaban J connectivity index is -0.0000000653. The number of carbonyl (C=O) groups excluding carboxylic acids is 1. The first-order valence-corrected chi connectivity index (χ1v) is 17.4. The third-order valence-electron chi connectivity index (χ3n) is 8.00. The summed E-state index contributed by atoms with van der Waals surface area (Å²) in [5.41, 5.74) is -0.556. The predicted octanol–water partition coefficient (Wildman–Crippen LogP) is 13.3. The highest BCUT2D eigenvalue weighted by molar-refractivity contribution is 5.81. The van der Waals surface area contributed by atoms with Crippen molar-refractivity contribution in [2.24, 2.45) is 10.8 Å². The average Bonchev–Trinajstić information content (AvgIpc) is 3.79. The molecule has 276 valence electrons. The number of hydrogen-bond donors (Lipinski definition) is 2. The number of epoxide rings is 1. The molecular formula is C39H90O5. The highest BCUT2D eigenvalue weighted by Crippen LogP contribution is 2.26. The Morgan fingerprint density at radius 3 is 1.00 bits per heavy atom. The zero-order valence-corrected chi connectivity index (χ0v) is 30.4. The van der Waals surface area contributed by atoms with Crippen molar-refractivity contribution >= 4 is 11.8 Å². The van der Waals surface area contributed by atoms with E-state index in [2.05, 4.69) is 27.7 Å². The third kappa shape index (κ3) is 45.5. The summed E-state index contributed by atoms with van der Waals surface area (Å²) >= 11 is 0. The van der Waals surface area contributed by atoms with Gasteiger partial charge in [0.15, 0.2) is 0 Å². The van der Waals surface area contributed by atoms with E-state index in [-0.39, 0.29) is 27.7 Å². The Labute approximate surface area is 281 Å². The first-order chi connectivity index (χ1) is 19.4. The minimum Gasteiger partial charge on any atom is -0.481 e. The smallest absolute Gasteiger partial charge is 0.309 e. The molecule has 1 rings (SSSR count). The highest BCUT2D eigenvalue weighted by atomic mass is 16.6. The van der Waals surface area contributed by atoms with Gasteiger partial charge in [-0.1, -0.05) is 162 Å². The molecule has 1 aliphatic rings. The summed E-state index contributed by atoms with van der Waals surface area (Å²) in [4.78, 5) is 21.4. The fourth-order valence-corrected chi connectivity index (χ4v) is 3.35. The molecule has 1 unspecified atom stereocenters. The summed E-state index contributed by atoms with van der Waals surface area (Å²) in [5, 5.41) is 17.2. The van der Waals surface area contributed by atoms with Gasteiger partial charge in [-0.25, -0.2) is 0 Å². The third-order valence-corrected chi connectivity index (χ3v) is 8.00. The zero-order chi connectivity index (χ0) is 33.2. The number of carboxylic acid groups (broad SMARTS) is 1. The molecule has 0 bridgehead atoms. The number of ketones is 1. The number of hydrogen-bond acceptors (Lipinski definition) is 4. The standard InChI is InChI=1S/C14H30O.C8H16O.C7H14O2.C3H6O.2C2H6.3CH4/c1-2-3-4-5-6-7-8-9-10-11-12-13-14-15;1-5-8(4,6-2)7(3)9;1-4-7(3,5-2)6(8)9;1-3-2-4-3;2*1-2;;;/h15H,2-14H2,1H3;5-6H2,1-4H3;4-5H2,1-3H3,(H,8,9);3H,2H2,1H3;2*1-2H3;3*1H4. The van der Waals surface area contributed by atoms with Crippen molar-refractivity contribution in [1.29, 1.82) is 0 Å². The van der Waals surface area contributed by atoms with E-state index in [0.29, 0.717) is 31.3 Å². The minimum atomic E-state index is -0.687. The fourth-order valence-electron chi connectivity index (χ4n) is 3.35. The largest absolute Gasteiger partial charge is 0.481 e. The van der Waals surface area contributed by atoms with Gasteiger partial charge >= 0.3 is 5.97 Å². The van der Waals surface area contributed by atoms with Crippen LogP contribution >= 0.6 is 0 Å². The second kappa shape index (κ2) is 46.5. The molecule has 1 heterocycles. The number of carbonyl (C=O) groups is 2. The Morgan fingerprint density at radius 1 is 0.636 bits per heavy atom. The van der Waals surface area contributed by atoms with Gasteiger partial charge in [0.1, 0.15) is 5.78 Å². The van der Waals surface area contributed by atoms with Gasteiger partial charge in [-0.3, -0.25) is 9.59 Å². The summed E-state index contributed by atoms with van der Waals surface area (Å²) in [7, 11) is 0. The summed E-state index contributed by atoms with van der Waals surface area (Å²) < 4.78 is 4.71. The summed E-state index contributed by atoms with van der Waals surface area (Å²) in [6.45, 7) is 27.1. The van der Waals surface area contributed by atoms with Crippen molar-refractivity contribution in [1.82, 2.24) is 0 Å². The lowest BCUT2D eigenvalue weighted by molar-refractivity contribution is -0.148. The molecule has 0 amide bonds. The molecule has 1 fully saturated rings. The average molecular weight is 639 g/mol. The lowest BCUT2D eigenvalue weighted by Gasteiger charge is -2.22. The van der Waals surface area contributed by atoms with Crippen molar-refractivity contribution in [2.75, 3.05) is 13.2 Å². The van der Waals surface area contributed by atoms with E-state index in [1.807, 2.05) is 48.5 Å². The normalized spacial score (nSPS) is 12.3. The number of aliphatic carboxylic acids is 1. The predicted molar refractivity (Wildman–Crippen MR) is 202 cm³/mol. The number of aliphatic hydroxyl groups excluding tert-OH is 1. The van der Waals surface area contributed by atoms with Crippen molar-refractivity contribution in [3.8, 4) is 0 Å². The van der Waals surface area contributed by atoms with Crippen LogP contribution in [0.5, 0.6) is 0 Å². The summed E-state index contributed by atoms with van der Waals surface area (Å²) in [6, 6.07) is 0. The van der Waals surface area contributed by atoms with Gasteiger partial charge in [-0.05, 0) is 52.9 Å². The van der Waals surface area contributed by atoms with Gasteiger partial charge in [-0.15, -0.1) is 0 Å². The maximum Gasteiger partial charge on any atom is 0.309 e. The molecule has 0 aromatic carbocycles. The molecule has 0 radical (unpaired) electrons. The molecule has 0 saturated carbocycles. The SMILES string of the molecule is C.C.C.CC.CC.CC1CO1.CCC(C)(CC)C(=O)O.CCC(C)(CC)C(C)=O.CCCCCCCCCCCCCCO. The molecule has 1 saturated heterocycles. The molecule has 1 aliphatic heterocycles. The fraction of sp³-hybridized carbons (Fsp3) is 0.949. The van der Waals surface area contributed by atoms with Crippen LogP contribution in [-0.4, -0.2) is 41.3 Å². The Kier molecular flexibility index (Phi) is 65.5. The molecule has 0 aliphatic carbocycles. The van der Waals surface area contributed by atoms with Crippen LogP contribution in [-0.2, 0) is 14.3 Å². The lowest BCUT2D eigenvalue weighted by atomic mass is 9.81. The Bertz CT molecular complexity index is 467. The van der Waals surface area contributed by atoms with Crippen LogP contribution in [0.25, 0.3) is 0 Å². The van der Waals surface area contributed by atoms with Gasteiger partial charge in [0.05, 0.1) is 18.1 Å². The quantitative estimate of drug-likeness (QED) is 0.115. The van der Waals surface area contributed by atoms with Crippen LogP contribution in [0, 0.1) is 10.8 Å². The van der Waals surface area contributed by atoms with E-state index < -0.39 is 11.4 Å². The van der Waals surface area contributed by atoms with Crippen LogP contribution in [0.3, 0.4) is 0 Å². The molecule has 1 atom stereocenters. The Hall–Kier alpha value is -0.940. The second-order valence-electron chi connectivity index (χ2n) is 11.2. The van der Waals surface area contributed by atoms with Gasteiger partial charge in [0.2, 0.25) is 0 Å². The maximum absolute atomic E-state index is 10.9. The first kappa shape index (κ1) is 62.0. The molecule has 0 aromatic heterocycles. The summed E-state index contributed by atoms with van der Waals surface area (Å²) in [6.07, 6.45) is 20.2. The van der Waals surface area contributed by atoms with E-state index in [9.17, 15) is 9.59 Å². The van der Waals surface area contributed by atoms with Crippen LogP contribution in [0.15, 0.2) is 0 Å². The number of carboxylic acids is 1. The van der Waals surface area contributed by atoms with Crippen molar-refractivity contribution in [2.45, 2.75) is 221 Å². The highest BCUT2D eigenvalue weighted by Gasteiger charge is 2.28. The van der Waals surface area contributed by atoms with Crippen LogP contribution in [0.2, 0.25) is 0 Å². The number of rotatable bonds is 18. The number of unbranched alkanes of at least 4 members (excludes halogenated alkanes) is 11. The molecular weight excluding hydrogens is 548 g/mol. The number of aliphatic hydroxyl groups is 1. The molecule has 5 nitrogen and oxygen atoms in total. The van der Waals surface area contributed by atoms with Gasteiger partial charge < -0.3 is 14.9 Å². The van der Waals surface area contributed by atoms with Crippen LogP contribution in [0.1, 0.15) is 215 Å². The lowest BCUT2D eigenvalue weighted by Crippen LogP contribution is -2.25.